The molecule has 1 N–H and O–H groups in total. The highest BCUT2D eigenvalue weighted by Gasteiger charge is 2.45. The van der Waals surface area contributed by atoms with E-state index < -0.39 is 11.7 Å². The fourth-order valence-electron chi connectivity index (χ4n) is 3.13. The Balaban J connectivity index is 0.00000133. The number of hydrogen-bond donors (Lipinski definition) is 1. The van der Waals surface area contributed by atoms with Crippen molar-refractivity contribution in [1.82, 2.24) is 4.90 Å². The van der Waals surface area contributed by atoms with Crippen LogP contribution >= 0.6 is 12.4 Å². The molecule has 0 unspecified atom stereocenters. The molecule has 0 amide bonds. The number of para-hydroxylation sites is 1. The summed E-state index contributed by atoms with van der Waals surface area (Å²) in [4.78, 5) is 2.40. The molecule has 3 rings (SSSR count). The topological polar surface area (TPSA) is 32.7 Å². The van der Waals surface area contributed by atoms with Gasteiger partial charge in [0, 0.05) is 5.56 Å². The van der Waals surface area contributed by atoms with Gasteiger partial charge in [0.1, 0.15) is 17.5 Å². The van der Waals surface area contributed by atoms with E-state index in [0.717, 1.165) is 24.4 Å². The molecule has 1 aromatic rings. The molecule has 1 saturated heterocycles. The summed E-state index contributed by atoms with van der Waals surface area (Å²) in [5, 5.41) is 10.6. The molecule has 19 heavy (non-hydrogen) atoms. The number of benzene rings is 1. The third kappa shape index (κ3) is 2.47. The highest BCUT2D eigenvalue weighted by Crippen LogP contribution is 2.43. The molecule has 2 aliphatic heterocycles. The minimum Gasteiger partial charge on any atom is -0.485 e. The van der Waals surface area contributed by atoms with E-state index in [1.807, 2.05) is 32.0 Å². The molecule has 2 aliphatic rings. The number of fused-ring (bicyclic) bond motifs is 1. The molecular formula is C15H22ClNO2. The van der Waals surface area contributed by atoms with E-state index in [0.29, 0.717) is 0 Å². The monoisotopic (exact) mass is 283 g/mol. The van der Waals surface area contributed by atoms with Crippen LogP contribution in [0.5, 0.6) is 5.75 Å². The van der Waals surface area contributed by atoms with Gasteiger partial charge in [0.15, 0.2) is 0 Å². The van der Waals surface area contributed by atoms with Crippen LogP contribution in [-0.4, -0.2) is 34.8 Å². The van der Waals surface area contributed by atoms with Gasteiger partial charge in [0.05, 0.1) is 6.04 Å². The largest absolute Gasteiger partial charge is 0.485 e. The lowest BCUT2D eigenvalue weighted by molar-refractivity contribution is -0.0895. The fraction of sp³-hybridized carbons (Fsp3) is 0.600. The Kier molecular flexibility index (Phi) is 4.09. The molecule has 4 heteroatoms. The van der Waals surface area contributed by atoms with E-state index in [9.17, 15) is 5.11 Å². The maximum atomic E-state index is 10.6. The first kappa shape index (κ1) is 14.6. The van der Waals surface area contributed by atoms with Crippen molar-refractivity contribution < 1.29 is 9.84 Å². The van der Waals surface area contributed by atoms with Crippen LogP contribution in [0.1, 0.15) is 38.3 Å². The summed E-state index contributed by atoms with van der Waals surface area (Å²) in [5.74, 6) is 0.921. The standard InChI is InChI=1S/C15H21NO2.ClH/c1-15(2)14(17)13(16-9-5-6-10-16)11-7-3-4-8-12(11)18-15;/h3-4,7-8,13-14,17H,5-6,9-10H2,1-2H3;1H/t13-,14+;/m1./s1. The maximum Gasteiger partial charge on any atom is 0.131 e. The van der Waals surface area contributed by atoms with Gasteiger partial charge in [-0.1, -0.05) is 18.2 Å². The van der Waals surface area contributed by atoms with Gasteiger partial charge >= 0.3 is 0 Å². The Hall–Kier alpha value is -0.770. The summed E-state index contributed by atoms with van der Waals surface area (Å²) < 4.78 is 5.94. The van der Waals surface area contributed by atoms with Crippen molar-refractivity contribution in [3.05, 3.63) is 29.8 Å². The zero-order chi connectivity index (χ0) is 12.8. The highest BCUT2D eigenvalue weighted by atomic mass is 35.5. The molecule has 0 radical (unpaired) electrons. The predicted octanol–water partition coefficient (Wildman–Crippen LogP) is 2.78. The van der Waals surface area contributed by atoms with Crippen molar-refractivity contribution in [2.75, 3.05) is 13.1 Å². The molecule has 0 aromatic heterocycles. The lowest BCUT2D eigenvalue weighted by atomic mass is 9.86. The third-order valence-corrected chi connectivity index (χ3v) is 4.16. The summed E-state index contributed by atoms with van der Waals surface area (Å²) in [7, 11) is 0. The normalized spacial score (nSPS) is 29.2. The molecule has 0 bridgehead atoms. The van der Waals surface area contributed by atoms with Crippen molar-refractivity contribution in [2.24, 2.45) is 0 Å². The number of rotatable bonds is 1. The van der Waals surface area contributed by atoms with Crippen molar-refractivity contribution in [3.8, 4) is 5.75 Å². The third-order valence-electron chi connectivity index (χ3n) is 4.16. The van der Waals surface area contributed by atoms with Crippen LogP contribution in [0.25, 0.3) is 0 Å². The van der Waals surface area contributed by atoms with E-state index in [-0.39, 0.29) is 18.4 Å². The van der Waals surface area contributed by atoms with E-state index in [4.69, 9.17) is 4.74 Å². The number of aliphatic hydroxyl groups excluding tert-OH is 1. The lowest BCUT2D eigenvalue weighted by Crippen LogP contribution is -2.53. The molecule has 0 spiro atoms. The van der Waals surface area contributed by atoms with Crippen LogP contribution in [0.4, 0.5) is 0 Å². The van der Waals surface area contributed by atoms with Gasteiger partial charge in [-0.25, -0.2) is 0 Å². The number of aliphatic hydroxyl groups is 1. The predicted molar refractivity (Wildman–Crippen MR) is 78.0 cm³/mol. The number of hydrogen-bond acceptors (Lipinski definition) is 3. The number of ether oxygens (including phenoxy) is 1. The zero-order valence-corrected chi connectivity index (χ0v) is 12.3. The first-order valence-corrected chi connectivity index (χ1v) is 6.80. The lowest BCUT2D eigenvalue weighted by Gasteiger charge is -2.45. The average molecular weight is 284 g/mol. The van der Waals surface area contributed by atoms with Crippen LogP contribution in [0.2, 0.25) is 0 Å². The van der Waals surface area contributed by atoms with E-state index in [1.54, 1.807) is 0 Å². The Morgan fingerprint density at radius 3 is 2.53 bits per heavy atom. The first-order valence-electron chi connectivity index (χ1n) is 6.80. The fourth-order valence-corrected chi connectivity index (χ4v) is 3.13. The number of halogens is 1. The van der Waals surface area contributed by atoms with Crippen LogP contribution in [0.15, 0.2) is 24.3 Å². The molecule has 0 saturated carbocycles. The molecule has 2 atom stereocenters. The van der Waals surface area contributed by atoms with Gasteiger partial charge in [-0.15, -0.1) is 12.4 Å². The average Bonchev–Trinajstić information content (AvgIpc) is 2.84. The van der Waals surface area contributed by atoms with Crippen molar-refractivity contribution in [1.29, 1.82) is 0 Å². The van der Waals surface area contributed by atoms with Crippen LogP contribution in [-0.2, 0) is 0 Å². The Morgan fingerprint density at radius 1 is 1.21 bits per heavy atom. The van der Waals surface area contributed by atoms with Crippen molar-refractivity contribution in [2.45, 2.75) is 44.4 Å². The highest BCUT2D eigenvalue weighted by molar-refractivity contribution is 5.85. The maximum absolute atomic E-state index is 10.6. The molecule has 0 aliphatic carbocycles. The number of likely N-dealkylation sites (tertiary alicyclic amines) is 1. The molecule has 1 fully saturated rings. The Bertz CT molecular complexity index is 444. The summed E-state index contributed by atoms with van der Waals surface area (Å²) >= 11 is 0. The molecular weight excluding hydrogens is 262 g/mol. The second kappa shape index (κ2) is 5.31. The summed E-state index contributed by atoms with van der Waals surface area (Å²) in [6, 6.07) is 8.18. The molecule has 1 aromatic carbocycles. The first-order chi connectivity index (χ1) is 8.59. The van der Waals surface area contributed by atoms with Crippen molar-refractivity contribution in [3.63, 3.8) is 0 Å². The second-order valence-corrected chi connectivity index (χ2v) is 5.88. The van der Waals surface area contributed by atoms with Gasteiger partial charge in [-0.3, -0.25) is 4.90 Å². The number of nitrogens with zero attached hydrogens (tertiary/aromatic N) is 1. The minimum absolute atomic E-state index is 0. The molecule has 3 nitrogen and oxygen atoms in total. The summed E-state index contributed by atoms with van der Waals surface area (Å²) in [6.07, 6.45) is 1.98. The van der Waals surface area contributed by atoms with Gasteiger partial charge in [0.2, 0.25) is 0 Å². The second-order valence-electron chi connectivity index (χ2n) is 5.88. The zero-order valence-electron chi connectivity index (χ0n) is 11.5. The van der Waals surface area contributed by atoms with Gasteiger partial charge in [-0.05, 0) is 45.8 Å². The van der Waals surface area contributed by atoms with E-state index in [1.165, 1.54) is 12.8 Å². The van der Waals surface area contributed by atoms with E-state index in [2.05, 4.69) is 11.0 Å². The molecule has 106 valence electrons. The van der Waals surface area contributed by atoms with Crippen LogP contribution < -0.4 is 4.74 Å². The summed E-state index contributed by atoms with van der Waals surface area (Å²) in [5.41, 5.74) is 0.605. The van der Waals surface area contributed by atoms with Crippen LogP contribution in [0, 0.1) is 0 Å². The smallest absolute Gasteiger partial charge is 0.131 e. The Labute approximate surface area is 121 Å². The van der Waals surface area contributed by atoms with Crippen molar-refractivity contribution >= 4 is 12.4 Å². The van der Waals surface area contributed by atoms with Gasteiger partial charge < -0.3 is 9.84 Å². The van der Waals surface area contributed by atoms with E-state index >= 15 is 0 Å². The SMILES string of the molecule is CC1(C)Oc2ccccc2[C@@H](N2CCCC2)[C@@H]1O.Cl. The summed E-state index contributed by atoms with van der Waals surface area (Å²) in [6.45, 7) is 6.09. The van der Waals surface area contributed by atoms with Gasteiger partial charge in [-0.2, -0.15) is 0 Å². The van der Waals surface area contributed by atoms with Gasteiger partial charge in [0.25, 0.3) is 0 Å². The quantitative estimate of drug-likeness (QED) is 0.860. The minimum atomic E-state index is -0.526. The van der Waals surface area contributed by atoms with Crippen LogP contribution in [0.3, 0.4) is 0 Å². The molecule has 2 heterocycles. The Morgan fingerprint density at radius 2 is 1.84 bits per heavy atom.